The van der Waals surface area contributed by atoms with Gasteiger partial charge in [-0.1, -0.05) is 83.7 Å². The monoisotopic (exact) mass is 1070 g/mol. The Hall–Kier alpha value is -6.28. The summed E-state index contributed by atoms with van der Waals surface area (Å²) in [6.07, 6.45) is 0.618. The maximum Gasteiger partial charge on any atom is 0.245 e. The van der Waals surface area contributed by atoms with Crippen molar-refractivity contribution in [3.63, 3.8) is 0 Å². The number of carbonyl (C=O) groups is 10. The lowest BCUT2D eigenvalue weighted by Crippen LogP contribution is -2.61. The molecule has 25 heteroatoms. The number of nitrogens with one attached hydrogen (secondary N) is 10. The molecule has 1 heterocycles. The van der Waals surface area contributed by atoms with E-state index >= 15 is 0 Å². The summed E-state index contributed by atoms with van der Waals surface area (Å²) in [5.41, 5.74) is 18.3. The Kier molecular flexibility index (Phi) is 30.4. The second kappa shape index (κ2) is 35.1. The molecule has 428 valence electrons. The molecule has 1 aliphatic rings. The highest BCUT2D eigenvalue weighted by Gasteiger charge is 2.37. The van der Waals surface area contributed by atoms with Crippen LogP contribution in [0.3, 0.4) is 0 Å². The Bertz CT molecular complexity index is 2050. The zero-order valence-corrected chi connectivity index (χ0v) is 45.0. The van der Waals surface area contributed by atoms with Gasteiger partial charge in [-0.05, 0) is 89.9 Å². The Morgan fingerprint density at radius 1 is 0.632 bits per heavy atom. The van der Waals surface area contributed by atoms with Gasteiger partial charge in [0.05, 0.1) is 12.2 Å². The Morgan fingerprint density at radius 3 is 1.72 bits per heavy atom. The van der Waals surface area contributed by atoms with Crippen molar-refractivity contribution in [2.75, 3.05) is 26.2 Å². The van der Waals surface area contributed by atoms with Crippen LogP contribution in [0.5, 0.6) is 0 Å². The molecule has 76 heavy (non-hydrogen) atoms. The summed E-state index contributed by atoms with van der Waals surface area (Å²) in [5, 5.41) is 47.0. The molecule has 11 atom stereocenters. The number of benzene rings is 1. The number of unbranched alkanes of at least 4 members (excludes halogenated alkanes) is 4. The van der Waals surface area contributed by atoms with Gasteiger partial charge in [0.15, 0.2) is 0 Å². The third kappa shape index (κ3) is 23.3. The van der Waals surface area contributed by atoms with Gasteiger partial charge in [-0.3, -0.25) is 47.9 Å². The highest BCUT2D eigenvalue weighted by Crippen LogP contribution is 2.12. The molecule has 2 rings (SSSR count). The van der Waals surface area contributed by atoms with Crippen LogP contribution in [0.15, 0.2) is 30.3 Å². The van der Waals surface area contributed by atoms with Gasteiger partial charge in [-0.2, -0.15) is 0 Å². The van der Waals surface area contributed by atoms with E-state index in [0.717, 1.165) is 25.7 Å². The number of aliphatic hydroxyl groups is 2. The van der Waals surface area contributed by atoms with E-state index in [1.54, 1.807) is 51.1 Å². The Labute approximate surface area is 446 Å². The van der Waals surface area contributed by atoms with Gasteiger partial charge < -0.3 is 80.6 Å². The predicted molar refractivity (Wildman–Crippen MR) is 283 cm³/mol. The summed E-state index contributed by atoms with van der Waals surface area (Å²) in [6, 6.07) is -4.15. The zero-order valence-electron chi connectivity index (χ0n) is 45.0. The molecule has 0 saturated carbocycles. The molecule has 0 spiro atoms. The smallest absolute Gasteiger partial charge is 0.245 e. The van der Waals surface area contributed by atoms with Crippen molar-refractivity contribution in [1.82, 2.24) is 53.2 Å². The predicted octanol–water partition coefficient (Wildman–Crippen LogP) is -3.26. The van der Waals surface area contributed by atoms with Crippen molar-refractivity contribution in [3.8, 4) is 0 Å². The van der Waals surface area contributed by atoms with Crippen LogP contribution >= 0.6 is 0 Å². The Balaban J connectivity index is 2.68. The molecular weight excluding hydrogens is 987 g/mol. The van der Waals surface area contributed by atoms with Crippen molar-refractivity contribution in [2.45, 2.75) is 192 Å². The molecule has 1 aromatic carbocycles. The van der Waals surface area contributed by atoms with Crippen molar-refractivity contribution in [3.05, 3.63) is 35.9 Å². The summed E-state index contributed by atoms with van der Waals surface area (Å²) < 4.78 is 0. The van der Waals surface area contributed by atoms with Crippen LogP contribution in [0.4, 0.5) is 0 Å². The molecule has 18 N–H and O–H groups in total. The van der Waals surface area contributed by atoms with Crippen molar-refractivity contribution >= 4 is 59.1 Å². The molecule has 1 aliphatic heterocycles. The first-order valence-electron chi connectivity index (χ1n) is 26.6. The first-order valence-corrected chi connectivity index (χ1v) is 26.6. The SMILES string of the molecule is CCCCCCCC(=O)N[C@H](C(=O)N[C@@H](CCN)C(=O)N[C@H]1CCNC(=O)[C@H]([C@@H](C)O)NC(=O)[C@H](CC)NC(=O)[C@H](CCN)NC(=O)[C@H](CC(C)C)NC(=O)[C@H](Cc2ccccc2)NC(=O)[C@H](CCN)NC1=O)[C@@H](C)O. The van der Waals surface area contributed by atoms with E-state index in [0.29, 0.717) is 12.0 Å². The van der Waals surface area contributed by atoms with E-state index in [9.17, 15) is 58.2 Å². The lowest BCUT2D eigenvalue weighted by atomic mass is 10.00. The fraction of sp³-hybridized carbons (Fsp3) is 0.686. The number of hydrogen-bond acceptors (Lipinski definition) is 15. The van der Waals surface area contributed by atoms with E-state index in [1.165, 1.54) is 13.8 Å². The van der Waals surface area contributed by atoms with Crippen LogP contribution < -0.4 is 70.4 Å². The molecule has 0 radical (unpaired) electrons. The van der Waals surface area contributed by atoms with Crippen LogP contribution in [0.2, 0.25) is 0 Å². The van der Waals surface area contributed by atoms with Gasteiger partial charge in [-0.15, -0.1) is 0 Å². The topological polar surface area (TPSA) is 410 Å². The van der Waals surface area contributed by atoms with Gasteiger partial charge in [-0.25, -0.2) is 0 Å². The molecule has 0 aromatic heterocycles. The van der Waals surface area contributed by atoms with Crippen LogP contribution in [-0.4, -0.2) is 162 Å². The van der Waals surface area contributed by atoms with Crippen LogP contribution in [0.25, 0.3) is 0 Å². The fourth-order valence-electron chi connectivity index (χ4n) is 8.23. The zero-order chi connectivity index (χ0) is 56.9. The lowest BCUT2D eigenvalue weighted by Gasteiger charge is -2.28. The van der Waals surface area contributed by atoms with Gasteiger partial charge in [0.25, 0.3) is 0 Å². The average Bonchev–Trinajstić information content (AvgIpc) is 3.36. The Morgan fingerprint density at radius 2 is 1.17 bits per heavy atom. The summed E-state index contributed by atoms with van der Waals surface area (Å²) in [4.78, 5) is 139. The molecule has 0 bridgehead atoms. The van der Waals surface area contributed by atoms with Gasteiger partial charge >= 0.3 is 0 Å². The van der Waals surface area contributed by atoms with Gasteiger partial charge in [0.1, 0.15) is 54.4 Å². The quantitative estimate of drug-likeness (QED) is 0.0452. The van der Waals surface area contributed by atoms with Crippen LogP contribution in [0.1, 0.15) is 124 Å². The second-order valence-electron chi connectivity index (χ2n) is 19.6. The summed E-state index contributed by atoms with van der Waals surface area (Å²) >= 11 is 0. The van der Waals surface area contributed by atoms with Gasteiger partial charge in [0.2, 0.25) is 59.1 Å². The van der Waals surface area contributed by atoms with Crippen molar-refractivity contribution in [2.24, 2.45) is 23.1 Å². The molecule has 10 amide bonds. The van der Waals surface area contributed by atoms with E-state index < -0.39 is 139 Å². The molecule has 1 aromatic rings. The number of nitrogens with two attached hydrogens (primary N) is 3. The van der Waals surface area contributed by atoms with E-state index in [4.69, 9.17) is 17.2 Å². The maximum atomic E-state index is 14.4. The molecule has 1 fully saturated rings. The number of hydrogen-bond donors (Lipinski definition) is 15. The standard InChI is InChI=1S/C51H87N13O12/c1-7-9-10-11-15-18-40(67)63-42(31(6)66)51(76)60-36(21-25-54)45(70)59-37-22-26-55-50(75)41(30(5)65)64-43(68)33(8-2)56-44(69)34(19-23-52)58-48(73)38(27-29(3)4)61-49(74)39(28-32-16-13-12-14-17-32)62-46(71)35(20-24-53)57-47(37)72/h12-14,16-17,29-31,33-39,41-42,65-66H,7-11,15,18-28,52-54H2,1-6H3,(H,55,75)(H,56,69)(H,57,72)(H,58,73)(H,59,70)(H,60,76)(H,61,74)(H,62,71)(H,63,67)(H,64,68)/t30-,31-,33+,34+,35+,36+,37+,38+,39+,41+,42+/m1/s1. The average molecular weight is 1070 g/mol. The van der Waals surface area contributed by atoms with Crippen molar-refractivity contribution in [1.29, 1.82) is 0 Å². The highest BCUT2D eigenvalue weighted by molar-refractivity contribution is 5.99. The molecule has 0 aliphatic carbocycles. The summed E-state index contributed by atoms with van der Waals surface area (Å²) in [7, 11) is 0. The number of amides is 10. The summed E-state index contributed by atoms with van der Waals surface area (Å²) in [6.45, 7) is 8.97. The van der Waals surface area contributed by atoms with E-state index in [1.807, 2.05) is 0 Å². The number of carbonyl (C=O) groups excluding carboxylic acids is 10. The normalized spacial score (nSPS) is 23.4. The molecule has 0 unspecified atom stereocenters. The number of aliphatic hydroxyl groups excluding tert-OH is 2. The molecule has 25 nitrogen and oxygen atoms in total. The van der Waals surface area contributed by atoms with Crippen LogP contribution in [-0.2, 0) is 54.4 Å². The lowest BCUT2D eigenvalue weighted by molar-refractivity contribution is -0.136. The van der Waals surface area contributed by atoms with Crippen molar-refractivity contribution < 1.29 is 58.2 Å². The second-order valence-corrected chi connectivity index (χ2v) is 19.6. The first kappa shape index (κ1) is 65.8. The summed E-state index contributed by atoms with van der Waals surface area (Å²) in [5.74, 6) is -8.57. The third-order valence-corrected chi connectivity index (χ3v) is 12.6. The minimum absolute atomic E-state index is 0.00365. The highest BCUT2D eigenvalue weighted by atomic mass is 16.3. The minimum atomic E-state index is -1.61. The largest absolute Gasteiger partial charge is 0.391 e. The third-order valence-electron chi connectivity index (χ3n) is 12.6. The number of rotatable bonds is 24. The van der Waals surface area contributed by atoms with Crippen LogP contribution in [0, 0.1) is 5.92 Å². The molecular formula is C51H87N13O12. The molecule has 1 saturated heterocycles. The minimum Gasteiger partial charge on any atom is -0.391 e. The first-order chi connectivity index (χ1) is 36.1. The fourth-order valence-corrected chi connectivity index (χ4v) is 8.23. The maximum absolute atomic E-state index is 14.4. The van der Waals surface area contributed by atoms with E-state index in [2.05, 4.69) is 60.1 Å². The van der Waals surface area contributed by atoms with Gasteiger partial charge in [0, 0.05) is 19.4 Å². The van der Waals surface area contributed by atoms with E-state index in [-0.39, 0.29) is 70.5 Å².